The predicted octanol–water partition coefficient (Wildman–Crippen LogP) is 4.28. The van der Waals surface area contributed by atoms with Crippen molar-refractivity contribution in [1.82, 2.24) is 14.5 Å². The van der Waals surface area contributed by atoms with Gasteiger partial charge < -0.3 is 14.5 Å². The minimum absolute atomic E-state index is 1.04. The van der Waals surface area contributed by atoms with Crippen LogP contribution < -0.4 is 0 Å². The molecule has 0 bridgehead atoms. The third-order valence-corrected chi connectivity index (χ3v) is 4.91. The fraction of sp³-hybridized carbons (Fsp3) is 0.300. The summed E-state index contributed by atoms with van der Waals surface area (Å²) in [6.07, 6.45) is 7.44. The van der Waals surface area contributed by atoms with Gasteiger partial charge in [-0.1, -0.05) is 11.6 Å². The van der Waals surface area contributed by atoms with Crippen molar-refractivity contribution in [2.75, 3.05) is 13.6 Å². The van der Waals surface area contributed by atoms with Crippen LogP contribution in [0.15, 0.2) is 36.7 Å². The van der Waals surface area contributed by atoms with Crippen LogP contribution in [0.25, 0.3) is 22.7 Å². The second kappa shape index (κ2) is 5.43. The second-order valence-corrected chi connectivity index (χ2v) is 6.72. The molecule has 3 heteroatoms. The van der Waals surface area contributed by atoms with Gasteiger partial charge in [0.1, 0.15) is 0 Å². The van der Waals surface area contributed by atoms with E-state index in [1.165, 1.54) is 38.9 Å². The number of aromatic amines is 1. The largest absolute Gasteiger partial charge is 0.367 e. The molecule has 3 heterocycles. The number of nitrogens with one attached hydrogen (secondary N) is 1. The highest BCUT2D eigenvalue weighted by atomic mass is 15.1. The number of nitrogens with zero attached hydrogens (tertiary/aromatic N) is 2. The van der Waals surface area contributed by atoms with Gasteiger partial charge in [0.25, 0.3) is 0 Å². The maximum Gasteiger partial charge on any atom is 0.0529 e. The van der Waals surface area contributed by atoms with Crippen molar-refractivity contribution in [3.8, 4) is 0 Å². The van der Waals surface area contributed by atoms with Gasteiger partial charge in [-0.3, -0.25) is 0 Å². The van der Waals surface area contributed by atoms with Crippen LogP contribution in [-0.2, 0) is 13.0 Å². The minimum Gasteiger partial charge on any atom is -0.367 e. The number of H-pyrrole nitrogens is 1. The average Bonchev–Trinajstić information content (AvgIpc) is 3.15. The molecule has 118 valence electrons. The Morgan fingerprint density at radius 3 is 2.91 bits per heavy atom. The lowest BCUT2D eigenvalue weighted by Gasteiger charge is -2.23. The number of benzene rings is 1. The van der Waals surface area contributed by atoms with Crippen molar-refractivity contribution in [3.05, 3.63) is 59.0 Å². The zero-order valence-corrected chi connectivity index (χ0v) is 14.1. The Bertz CT molecular complexity index is 881. The van der Waals surface area contributed by atoms with Gasteiger partial charge in [0.15, 0.2) is 0 Å². The lowest BCUT2D eigenvalue weighted by atomic mass is 10.0. The molecule has 2 aromatic heterocycles. The van der Waals surface area contributed by atoms with E-state index in [2.05, 4.69) is 72.0 Å². The zero-order chi connectivity index (χ0) is 16.0. The van der Waals surface area contributed by atoms with Gasteiger partial charge in [-0.05, 0) is 55.8 Å². The highest BCUT2D eigenvalue weighted by Crippen LogP contribution is 2.32. The third-order valence-electron chi connectivity index (χ3n) is 4.91. The molecule has 1 aliphatic heterocycles. The van der Waals surface area contributed by atoms with Gasteiger partial charge in [-0.25, -0.2) is 0 Å². The number of allylic oxidation sites excluding steroid dienone is 1. The first-order chi connectivity index (χ1) is 11.1. The van der Waals surface area contributed by atoms with E-state index < -0.39 is 0 Å². The number of aryl methyl sites for hydroxylation is 1. The highest BCUT2D eigenvalue weighted by molar-refractivity contribution is 5.90. The molecule has 0 fully saturated rings. The standard InChI is InChI=1S/C20H23N3/c1-14-4-5-19-17(10-14)18-13-22(3)9-7-20(18)23(19)12-15(2)16-6-8-21-11-16/h4-6,8,10-12,21H,7,9,13H2,1-3H3/b15-12-. The number of hydrogen-bond donors (Lipinski definition) is 1. The quantitative estimate of drug-likeness (QED) is 0.750. The van der Waals surface area contributed by atoms with Crippen molar-refractivity contribution in [1.29, 1.82) is 0 Å². The maximum atomic E-state index is 3.15. The summed E-state index contributed by atoms with van der Waals surface area (Å²) >= 11 is 0. The van der Waals surface area contributed by atoms with Crippen LogP contribution in [0.4, 0.5) is 0 Å². The second-order valence-electron chi connectivity index (χ2n) is 6.72. The van der Waals surface area contributed by atoms with E-state index in [9.17, 15) is 0 Å². The summed E-state index contributed by atoms with van der Waals surface area (Å²) in [6, 6.07) is 8.95. The molecule has 1 aliphatic rings. The van der Waals surface area contributed by atoms with Crippen molar-refractivity contribution in [2.45, 2.75) is 26.8 Å². The normalized spacial score (nSPS) is 16.0. The van der Waals surface area contributed by atoms with Gasteiger partial charge in [0, 0.05) is 49.2 Å². The lowest BCUT2D eigenvalue weighted by molar-refractivity contribution is 0.312. The van der Waals surface area contributed by atoms with Crippen LogP contribution in [0.3, 0.4) is 0 Å². The van der Waals surface area contributed by atoms with Crippen LogP contribution in [0.1, 0.15) is 29.3 Å². The SMILES string of the molecule is C/C(=C/n1c2c(c3cc(C)ccc31)CN(C)CC2)c1cc[nH]c1. The fourth-order valence-electron chi connectivity index (χ4n) is 3.63. The van der Waals surface area contributed by atoms with E-state index in [0.29, 0.717) is 0 Å². The van der Waals surface area contributed by atoms with E-state index in [1.807, 2.05) is 6.20 Å². The molecule has 3 aromatic rings. The van der Waals surface area contributed by atoms with E-state index >= 15 is 0 Å². The highest BCUT2D eigenvalue weighted by Gasteiger charge is 2.21. The minimum atomic E-state index is 1.04. The Morgan fingerprint density at radius 2 is 2.13 bits per heavy atom. The first-order valence-electron chi connectivity index (χ1n) is 8.26. The Morgan fingerprint density at radius 1 is 1.26 bits per heavy atom. The summed E-state index contributed by atoms with van der Waals surface area (Å²) in [4.78, 5) is 5.56. The number of aromatic nitrogens is 2. The molecule has 0 radical (unpaired) electrons. The molecule has 0 aliphatic carbocycles. The number of hydrogen-bond acceptors (Lipinski definition) is 1. The van der Waals surface area contributed by atoms with Gasteiger partial charge in [-0.15, -0.1) is 0 Å². The Kier molecular flexibility index (Phi) is 3.38. The van der Waals surface area contributed by atoms with Gasteiger partial charge in [0.05, 0.1) is 5.52 Å². The number of rotatable bonds is 2. The monoisotopic (exact) mass is 305 g/mol. The molecule has 0 atom stereocenters. The Balaban J connectivity index is 1.94. The van der Waals surface area contributed by atoms with Crippen LogP contribution >= 0.6 is 0 Å². The van der Waals surface area contributed by atoms with Gasteiger partial charge >= 0.3 is 0 Å². The topological polar surface area (TPSA) is 24.0 Å². The average molecular weight is 305 g/mol. The smallest absolute Gasteiger partial charge is 0.0529 e. The van der Waals surface area contributed by atoms with E-state index in [0.717, 1.165) is 19.5 Å². The molecule has 23 heavy (non-hydrogen) atoms. The molecular weight excluding hydrogens is 282 g/mol. The van der Waals surface area contributed by atoms with E-state index in [-0.39, 0.29) is 0 Å². The van der Waals surface area contributed by atoms with Crippen LogP contribution in [0.5, 0.6) is 0 Å². The predicted molar refractivity (Wildman–Crippen MR) is 97.3 cm³/mol. The summed E-state index contributed by atoms with van der Waals surface area (Å²) in [6.45, 7) is 6.53. The van der Waals surface area contributed by atoms with Crippen LogP contribution in [-0.4, -0.2) is 28.0 Å². The van der Waals surface area contributed by atoms with E-state index in [4.69, 9.17) is 0 Å². The van der Waals surface area contributed by atoms with Crippen LogP contribution in [0, 0.1) is 6.92 Å². The Labute approximate surface area is 137 Å². The zero-order valence-electron chi connectivity index (χ0n) is 14.1. The number of fused-ring (bicyclic) bond motifs is 3. The molecular formula is C20H23N3. The molecule has 0 spiro atoms. The fourth-order valence-corrected chi connectivity index (χ4v) is 3.63. The molecule has 1 aromatic carbocycles. The summed E-state index contributed by atoms with van der Waals surface area (Å²) in [7, 11) is 2.21. The molecule has 0 unspecified atom stereocenters. The molecule has 4 rings (SSSR count). The third kappa shape index (κ3) is 2.41. The van der Waals surface area contributed by atoms with Crippen molar-refractivity contribution in [3.63, 3.8) is 0 Å². The van der Waals surface area contributed by atoms with Gasteiger partial charge in [0.2, 0.25) is 0 Å². The van der Waals surface area contributed by atoms with Crippen LogP contribution in [0.2, 0.25) is 0 Å². The molecule has 3 nitrogen and oxygen atoms in total. The first kappa shape index (κ1) is 14.3. The molecule has 1 N–H and O–H groups in total. The molecule has 0 saturated carbocycles. The van der Waals surface area contributed by atoms with E-state index in [1.54, 1.807) is 0 Å². The molecule has 0 saturated heterocycles. The Hall–Kier alpha value is -2.26. The van der Waals surface area contributed by atoms with Crippen molar-refractivity contribution < 1.29 is 0 Å². The first-order valence-corrected chi connectivity index (χ1v) is 8.26. The summed E-state index contributed by atoms with van der Waals surface area (Å²) in [5, 5.41) is 1.41. The van der Waals surface area contributed by atoms with Gasteiger partial charge in [-0.2, -0.15) is 0 Å². The van der Waals surface area contributed by atoms with Crippen molar-refractivity contribution in [2.24, 2.45) is 0 Å². The molecule has 0 amide bonds. The maximum absolute atomic E-state index is 3.15. The van der Waals surface area contributed by atoms with Crippen molar-refractivity contribution >= 4 is 22.7 Å². The summed E-state index contributed by atoms with van der Waals surface area (Å²) < 4.78 is 2.42. The summed E-state index contributed by atoms with van der Waals surface area (Å²) in [5.74, 6) is 0. The number of likely N-dealkylation sites (N-methyl/N-ethyl adjacent to an activating group) is 1. The lowest BCUT2D eigenvalue weighted by Crippen LogP contribution is -2.26. The summed E-state index contributed by atoms with van der Waals surface area (Å²) in [5.41, 5.74) is 8.16.